The number of carbonyl (C=O) groups is 1. The molecule has 2 rings (SSSR count). The Hall–Kier alpha value is -1.64. The van der Waals surface area contributed by atoms with Crippen molar-refractivity contribution in [3.8, 4) is 0 Å². The second kappa shape index (κ2) is 8.83. The highest BCUT2D eigenvalue weighted by atomic mass is 32.2. The van der Waals surface area contributed by atoms with E-state index in [0.29, 0.717) is 18.5 Å². The molecule has 7 nitrogen and oxygen atoms in total. The SMILES string of the molecule is CC(N)CCNC(=O)c1cc(S(=O)(=O)N(C)C)ccc1N1CCCCC1. The van der Waals surface area contributed by atoms with Gasteiger partial charge in [-0.15, -0.1) is 0 Å². The first kappa shape index (κ1) is 20.7. The van der Waals surface area contributed by atoms with Crippen LogP contribution < -0.4 is 16.0 Å². The predicted molar refractivity (Wildman–Crippen MR) is 104 cm³/mol. The third kappa shape index (κ3) is 4.96. The van der Waals surface area contributed by atoms with Crippen molar-refractivity contribution in [1.82, 2.24) is 9.62 Å². The first-order chi connectivity index (χ1) is 12.2. The molecule has 1 aliphatic heterocycles. The molecule has 8 heteroatoms. The standard InChI is InChI=1S/C18H30N4O3S/c1-14(19)9-10-20-18(23)16-13-15(26(24,25)21(2)3)7-8-17(16)22-11-5-4-6-12-22/h7-8,13-14H,4-6,9-12,19H2,1-3H3,(H,20,23). The van der Waals surface area contributed by atoms with Crippen LogP contribution in [0.15, 0.2) is 23.1 Å². The number of hydrogen-bond acceptors (Lipinski definition) is 5. The predicted octanol–water partition coefficient (Wildman–Crippen LogP) is 1.39. The van der Waals surface area contributed by atoms with Crippen molar-refractivity contribution in [1.29, 1.82) is 0 Å². The van der Waals surface area contributed by atoms with E-state index in [2.05, 4.69) is 10.2 Å². The van der Waals surface area contributed by atoms with Gasteiger partial charge < -0.3 is 16.0 Å². The number of rotatable bonds is 7. The van der Waals surface area contributed by atoms with Crippen molar-refractivity contribution in [3.05, 3.63) is 23.8 Å². The molecule has 1 aromatic carbocycles. The quantitative estimate of drug-likeness (QED) is 0.743. The van der Waals surface area contributed by atoms with Gasteiger partial charge in [-0.05, 0) is 50.8 Å². The number of sulfonamides is 1. The minimum atomic E-state index is -3.60. The van der Waals surface area contributed by atoms with Crippen LogP contribution in [0.25, 0.3) is 0 Å². The Kier molecular flexibility index (Phi) is 7.02. The van der Waals surface area contributed by atoms with E-state index < -0.39 is 10.0 Å². The molecule has 0 radical (unpaired) electrons. The molecule has 146 valence electrons. The molecule has 1 atom stereocenters. The summed E-state index contributed by atoms with van der Waals surface area (Å²) in [6.45, 7) is 4.09. The molecule has 3 N–H and O–H groups in total. The number of anilines is 1. The van der Waals surface area contributed by atoms with Crippen LogP contribution in [0.3, 0.4) is 0 Å². The lowest BCUT2D eigenvalue weighted by atomic mass is 10.1. The number of hydrogen-bond donors (Lipinski definition) is 2. The summed E-state index contributed by atoms with van der Waals surface area (Å²) in [6.07, 6.45) is 3.99. The average molecular weight is 383 g/mol. The molecule has 1 aliphatic rings. The number of nitrogens with two attached hydrogens (primary N) is 1. The molecule has 1 unspecified atom stereocenters. The van der Waals surface area contributed by atoms with Gasteiger partial charge in [-0.25, -0.2) is 12.7 Å². The average Bonchev–Trinajstić information content (AvgIpc) is 2.61. The van der Waals surface area contributed by atoms with Gasteiger partial charge in [-0.3, -0.25) is 4.79 Å². The van der Waals surface area contributed by atoms with Crippen molar-refractivity contribution in [2.75, 3.05) is 38.6 Å². The number of piperidine rings is 1. The molecular weight excluding hydrogens is 352 g/mol. The normalized spacial score (nSPS) is 16.6. The van der Waals surface area contributed by atoms with E-state index in [-0.39, 0.29) is 16.8 Å². The molecule has 0 saturated carbocycles. The molecule has 26 heavy (non-hydrogen) atoms. The van der Waals surface area contributed by atoms with Gasteiger partial charge in [-0.1, -0.05) is 0 Å². The van der Waals surface area contributed by atoms with Gasteiger partial charge in [0.05, 0.1) is 10.5 Å². The molecule has 1 amide bonds. The van der Waals surface area contributed by atoms with E-state index in [1.807, 2.05) is 6.92 Å². The van der Waals surface area contributed by atoms with Gasteiger partial charge in [0.1, 0.15) is 0 Å². The fraction of sp³-hybridized carbons (Fsp3) is 0.611. The summed E-state index contributed by atoms with van der Waals surface area (Å²) >= 11 is 0. The van der Waals surface area contributed by atoms with Crippen molar-refractivity contribution in [3.63, 3.8) is 0 Å². The second-order valence-electron chi connectivity index (χ2n) is 7.04. The first-order valence-corrected chi connectivity index (χ1v) is 10.5. The number of nitrogens with zero attached hydrogens (tertiary/aromatic N) is 2. The van der Waals surface area contributed by atoms with Crippen LogP contribution in [-0.2, 0) is 10.0 Å². The zero-order valence-corrected chi connectivity index (χ0v) is 16.7. The van der Waals surface area contributed by atoms with Crippen molar-refractivity contribution in [2.24, 2.45) is 5.73 Å². The number of amides is 1. The Morgan fingerprint density at radius 3 is 2.50 bits per heavy atom. The summed E-state index contributed by atoms with van der Waals surface area (Å²) in [7, 11) is -0.635. The monoisotopic (exact) mass is 382 g/mol. The largest absolute Gasteiger partial charge is 0.371 e. The molecule has 1 saturated heterocycles. The highest BCUT2D eigenvalue weighted by Crippen LogP contribution is 2.27. The Bertz CT molecular complexity index is 726. The van der Waals surface area contributed by atoms with Gasteiger partial charge in [0, 0.05) is 45.5 Å². The zero-order chi connectivity index (χ0) is 19.3. The van der Waals surface area contributed by atoms with E-state index in [4.69, 9.17) is 5.73 Å². The van der Waals surface area contributed by atoms with E-state index in [1.165, 1.54) is 26.6 Å². The molecule has 1 fully saturated rings. The summed E-state index contributed by atoms with van der Waals surface area (Å²) in [5, 5.41) is 2.86. The van der Waals surface area contributed by atoms with Crippen LogP contribution >= 0.6 is 0 Å². The number of benzene rings is 1. The van der Waals surface area contributed by atoms with Crippen LogP contribution in [-0.4, -0.2) is 58.4 Å². The summed E-state index contributed by atoms with van der Waals surface area (Å²) in [5.41, 5.74) is 6.93. The maximum Gasteiger partial charge on any atom is 0.253 e. The highest BCUT2D eigenvalue weighted by Gasteiger charge is 2.24. The third-order valence-electron chi connectivity index (χ3n) is 4.57. The lowest BCUT2D eigenvalue weighted by Gasteiger charge is -2.30. The Labute approximate surface area is 156 Å². The minimum Gasteiger partial charge on any atom is -0.371 e. The van der Waals surface area contributed by atoms with E-state index in [0.717, 1.165) is 35.9 Å². The molecule has 0 aromatic heterocycles. The van der Waals surface area contributed by atoms with Crippen molar-refractivity contribution >= 4 is 21.6 Å². The van der Waals surface area contributed by atoms with Crippen molar-refractivity contribution < 1.29 is 13.2 Å². The van der Waals surface area contributed by atoms with Gasteiger partial charge in [0.25, 0.3) is 5.91 Å². The molecular formula is C18H30N4O3S. The topological polar surface area (TPSA) is 95.7 Å². The maximum absolute atomic E-state index is 12.8. The maximum atomic E-state index is 12.8. The molecule has 0 bridgehead atoms. The molecule has 0 aliphatic carbocycles. The summed E-state index contributed by atoms with van der Waals surface area (Å²) in [5.74, 6) is -0.262. The van der Waals surface area contributed by atoms with Gasteiger partial charge >= 0.3 is 0 Å². The van der Waals surface area contributed by atoms with Gasteiger partial charge in [0.2, 0.25) is 10.0 Å². The lowest BCUT2D eigenvalue weighted by Crippen LogP contribution is -2.34. The van der Waals surface area contributed by atoms with E-state index in [1.54, 1.807) is 12.1 Å². The zero-order valence-electron chi connectivity index (χ0n) is 15.9. The Morgan fingerprint density at radius 2 is 1.92 bits per heavy atom. The molecule has 1 heterocycles. The van der Waals surface area contributed by atoms with Crippen LogP contribution in [0.1, 0.15) is 43.0 Å². The third-order valence-corrected chi connectivity index (χ3v) is 6.38. The van der Waals surface area contributed by atoms with E-state index >= 15 is 0 Å². The fourth-order valence-corrected chi connectivity index (χ4v) is 3.92. The smallest absolute Gasteiger partial charge is 0.253 e. The highest BCUT2D eigenvalue weighted by molar-refractivity contribution is 7.89. The van der Waals surface area contributed by atoms with E-state index in [9.17, 15) is 13.2 Å². The van der Waals surface area contributed by atoms with Gasteiger partial charge in [-0.2, -0.15) is 0 Å². The number of carbonyl (C=O) groups excluding carboxylic acids is 1. The first-order valence-electron chi connectivity index (χ1n) is 9.09. The second-order valence-corrected chi connectivity index (χ2v) is 9.19. The van der Waals surface area contributed by atoms with Crippen LogP contribution in [0, 0.1) is 0 Å². The van der Waals surface area contributed by atoms with Crippen LogP contribution in [0.5, 0.6) is 0 Å². The summed E-state index contributed by atoms with van der Waals surface area (Å²) in [4.78, 5) is 15.0. The van der Waals surface area contributed by atoms with Crippen molar-refractivity contribution in [2.45, 2.75) is 43.5 Å². The molecule has 1 aromatic rings. The van der Waals surface area contributed by atoms with Gasteiger partial charge in [0.15, 0.2) is 0 Å². The molecule has 0 spiro atoms. The Balaban J connectivity index is 2.36. The number of nitrogens with one attached hydrogen (secondary N) is 1. The lowest BCUT2D eigenvalue weighted by molar-refractivity contribution is 0.0953. The minimum absolute atomic E-state index is 0.00248. The van der Waals surface area contributed by atoms with Crippen LogP contribution in [0.2, 0.25) is 0 Å². The summed E-state index contributed by atoms with van der Waals surface area (Å²) in [6, 6.07) is 4.82. The van der Waals surface area contributed by atoms with Crippen LogP contribution in [0.4, 0.5) is 5.69 Å². The summed E-state index contributed by atoms with van der Waals surface area (Å²) < 4.78 is 26.1. The Morgan fingerprint density at radius 1 is 1.27 bits per heavy atom. The fourth-order valence-electron chi connectivity index (χ4n) is 2.99.